The lowest BCUT2D eigenvalue weighted by Crippen LogP contribution is -1.96. The lowest BCUT2D eigenvalue weighted by atomic mass is 10.7. The fourth-order valence-corrected chi connectivity index (χ4v) is 0.299. The standard InChI is InChI=1S/C2H2N3S/c6-2-1-3-5-4-2/h1H2. The van der Waals surface area contributed by atoms with Crippen molar-refractivity contribution < 1.29 is 0 Å². The van der Waals surface area contributed by atoms with Crippen LogP contribution in [0.15, 0.2) is 10.3 Å². The van der Waals surface area contributed by atoms with Crippen LogP contribution in [0.25, 0.3) is 0 Å². The zero-order valence-electron chi connectivity index (χ0n) is 2.96. The minimum absolute atomic E-state index is 0.509. The van der Waals surface area contributed by atoms with Crippen molar-refractivity contribution in [1.29, 1.82) is 0 Å². The Labute approximate surface area is 40.4 Å². The predicted octanol–water partition coefficient (Wildman–Crippen LogP) is 0.299. The van der Waals surface area contributed by atoms with Gasteiger partial charge in [0.2, 0.25) is 0 Å². The highest BCUT2D eigenvalue weighted by Crippen LogP contribution is 1.87. The van der Waals surface area contributed by atoms with E-state index in [1.54, 1.807) is 0 Å². The molecule has 1 aliphatic heterocycles. The van der Waals surface area contributed by atoms with Crippen molar-refractivity contribution in [2.45, 2.75) is 0 Å². The van der Waals surface area contributed by atoms with Gasteiger partial charge in [-0.15, -0.1) is 5.11 Å². The summed E-state index contributed by atoms with van der Waals surface area (Å²) in [5, 5.41) is 6.70. The number of nitrogens with zero attached hydrogens (tertiary/aromatic N) is 3. The predicted molar refractivity (Wildman–Crippen MR) is 24.5 cm³/mol. The zero-order valence-corrected chi connectivity index (χ0v) is 3.77. The Morgan fingerprint density at radius 1 is 1.67 bits per heavy atom. The van der Waals surface area contributed by atoms with Gasteiger partial charge in [0.15, 0.2) is 4.99 Å². The average Bonchev–Trinajstić information content (AvgIpc) is 1.86. The summed E-state index contributed by atoms with van der Waals surface area (Å²) in [7, 11) is 0. The molecule has 1 radical (unpaired) electrons. The highest BCUT2D eigenvalue weighted by atomic mass is 32.1. The highest BCUT2D eigenvalue weighted by molar-refractivity contribution is 7.80. The molecule has 3 nitrogen and oxygen atoms in total. The normalized spacial score (nSPS) is 18.3. The molecule has 0 spiro atoms. The first-order valence-electron chi connectivity index (χ1n) is 1.50. The second kappa shape index (κ2) is 1.30. The summed E-state index contributed by atoms with van der Waals surface area (Å²) >= 11 is 4.56. The molecule has 0 saturated heterocycles. The molecule has 1 rings (SSSR count). The van der Waals surface area contributed by atoms with Gasteiger partial charge in [0.1, 0.15) is 6.54 Å². The van der Waals surface area contributed by atoms with E-state index in [-0.39, 0.29) is 0 Å². The summed E-state index contributed by atoms with van der Waals surface area (Å²) < 4.78 is 0. The molecule has 1 aliphatic rings. The first-order valence-corrected chi connectivity index (χ1v) is 1.91. The lowest BCUT2D eigenvalue weighted by Gasteiger charge is -1.69. The van der Waals surface area contributed by atoms with Crippen LogP contribution in [0.1, 0.15) is 0 Å². The van der Waals surface area contributed by atoms with Gasteiger partial charge in [0.25, 0.3) is 0 Å². The van der Waals surface area contributed by atoms with Crippen molar-refractivity contribution in [2.75, 3.05) is 6.54 Å². The molecular weight excluding hydrogens is 98.1 g/mol. The van der Waals surface area contributed by atoms with Crippen LogP contribution < -0.4 is 5.43 Å². The maximum Gasteiger partial charge on any atom is 0.151 e. The third-order valence-electron chi connectivity index (χ3n) is 0.425. The van der Waals surface area contributed by atoms with Crippen molar-refractivity contribution in [3.63, 3.8) is 0 Å². The van der Waals surface area contributed by atoms with E-state index in [2.05, 4.69) is 28.0 Å². The summed E-state index contributed by atoms with van der Waals surface area (Å²) in [6, 6.07) is 0. The van der Waals surface area contributed by atoms with E-state index >= 15 is 0 Å². The third-order valence-corrected chi connectivity index (χ3v) is 0.636. The van der Waals surface area contributed by atoms with E-state index in [1.165, 1.54) is 0 Å². The molecular formula is C2H2N3S. The molecule has 6 heavy (non-hydrogen) atoms. The number of rotatable bonds is 0. The van der Waals surface area contributed by atoms with E-state index < -0.39 is 0 Å². The largest absolute Gasteiger partial charge is 0.161 e. The molecule has 0 unspecified atom stereocenters. The SMILES string of the molecule is S=C1C[N]N=N1. The summed E-state index contributed by atoms with van der Waals surface area (Å²) in [6.07, 6.45) is 0. The average molecular weight is 100 g/mol. The molecule has 0 aliphatic carbocycles. The summed E-state index contributed by atoms with van der Waals surface area (Å²) in [5.74, 6) is 0. The van der Waals surface area contributed by atoms with Crippen LogP contribution in [0.5, 0.6) is 0 Å². The second-order valence-electron chi connectivity index (χ2n) is 0.883. The Balaban J connectivity index is 2.59. The molecule has 0 aromatic heterocycles. The van der Waals surface area contributed by atoms with Gasteiger partial charge in [-0.25, -0.2) is 0 Å². The molecule has 0 aromatic carbocycles. The van der Waals surface area contributed by atoms with Gasteiger partial charge in [-0.3, -0.25) is 0 Å². The van der Waals surface area contributed by atoms with E-state index in [1.807, 2.05) is 0 Å². The van der Waals surface area contributed by atoms with E-state index in [0.29, 0.717) is 11.5 Å². The molecule has 4 heteroatoms. The molecule has 0 aromatic rings. The van der Waals surface area contributed by atoms with Gasteiger partial charge in [-0.05, 0) is 5.22 Å². The number of hydrogen-bond donors (Lipinski definition) is 0. The lowest BCUT2D eigenvalue weighted by molar-refractivity contribution is 0.828. The van der Waals surface area contributed by atoms with Gasteiger partial charge in [0.05, 0.1) is 0 Å². The van der Waals surface area contributed by atoms with E-state index in [4.69, 9.17) is 0 Å². The Bertz CT molecular complexity index is 97.0. The van der Waals surface area contributed by atoms with Crippen LogP contribution in [-0.4, -0.2) is 11.5 Å². The van der Waals surface area contributed by atoms with Gasteiger partial charge in [-0.2, -0.15) is 5.43 Å². The van der Waals surface area contributed by atoms with Crippen LogP contribution in [0.3, 0.4) is 0 Å². The summed E-state index contributed by atoms with van der Waals surface area (Å²) in [5.41, 5.74) is 3.48. The van der Waals surface area contributed by atoms with Crippen LogP contribution >= 0.6 is 12.2 Å². The molecule has 0 N–H and O–H groups in total. The van der Waals surface area contributed by atoms with Gasteiger partial charge >= 0.3 is 0 Å². The second-order valence-corrected chi connectivity index (χ2v) is 1.35. The van der Waals surface area contributed by atoms with Gasteiger partial charge in [0, 0.05) is 0 Å². The van der Waals surface area contributed by atoms with Crippen LogP contribution in [0, 0.1) is 0 Å². The van der Waals surface area contributed by atoms with Crippen LogP contribution in [-0.2, 0) is 0 Å². The fourth-order valence-electron chi connectivity index (χ4n) is 0.205. The van der Waals surface area contributed by atoms with Gasteiger partial charge < -0.3 is 0 Å². The van der Waals surface area contributed by atoms with Crippen molar-refractivity contribution in [2.24, 2.45) is 10.3 Å². The maximum atomic E-state index is 4.56. The Morgan fingerprint density at radius 2 is 2.50 bits per heavy atom. The van der Waals surface area contributed by atoms with Crippen LogP contribution in [0.2, 0.25) is 0 Å². The zero-order chi connectivity index (χ0) is 4.41. The van der Waals surface area contributed by atoms with E-state index in [0.717, 1.165) is 0 Å². The quantitative estimate of drug-likeness (QED) is 0.403. The topological polar surface area (TPSA) is 38.8 Å². The van der Waals surface area contributed by atoms with Crippen molar-refractivity contribution in [1.82, 2.24) is 5.43 Å². The van der Waals surface area contributed by atoms with Crippen LogP contribution in [0.4, 0.5) is 0 Å². The Kier molecular flexibility index (Phi) is 0.795. The molecule has 0 amide bonds. The smallest absolute Gasteiger partial charge is 0.151 e. The monoisotopic (exact) mass is 100.0 g/mol. The molecule has 0 saturated carbocycles. The Hall–Kier alpha value is -0.510. The molecule has 0 fully saturated rings. The first kappa shape index (κ1) is 3.67. The van der Waals surface area contributed by atoms with Crippen molar-refractivity contribution in [3.05, 3.63) is 0 Å². The fraction of sp³-hybridized carbons (Fsp3) is 0.500. The molecule has 0 atom stereocenters. The van der Waals surface area contributed by atoms with Crippen molar-refractivity contribution >= 4 is 17.2 Å². The number of hydrogen-bond acceptors (Lipinski definition) is 2. The molecule has 31 valence electrons. The number of thiocarbonyl (C=S) groups is 1. The first-order chi connectivity index (χ1) is 2.89. The maximum absolute atomic E-state index is 4.56. The summed E-state index contributed by atoms with van der Waals surface area (Å²) in [4.78, 5) is 0.579. The summed E-state index contributed by atoms with van der Waals surface area (Å²) in [6.45, 7) is 0.509. The Morgan fingerprint density at radius 3 is 2.67 bits per heavy atom. The highest BCUT2D eigenvalue weighted by Gasteiger charge is 1.98. The molecule has 0 bridgehead atoms. The van der Waals surface area contributed by atoms with Gasteiger partial charge in [-0.1, -0.05) is 12.2 Å². The minimum atomic E-state index is 0.509. The minimum Gasteiger partial charge on any atom is -0.161 e. The third kappa shape index (κ3) is 0.514. The molecule has 1 heterocycles. The van der Waals surface area contributed by atoms with Crippen molar-refractivity contribution in [3.8, 4) is 0 Å². The van der Waals surface area contributed by atoms with E-state index in [9.17, 15) is 0 Å².